The largest absolute Gasteiger partial charge is 0.378 e. The fourth-order valence-electron chi connectivity index (χ4n) is 3.60. The minimum absolute atomic E-state index is 0.0230. The van der Waals surface area contributed by atoms with Crippen LogP contribution in [0.4, 0.5) is 5.69 Å². The van der Waals surface area contributed by atoms with Crippen LogP contribution in [0, 0.1) is 11.8 Å². The Hall–Kier alpha value is -1.92. The Morgan fingerprint density at radius 3 is 2.71 bits per heavy atom. The van der Waals surface area contributed by atoms with E-state index in [1.54, 1.807) is 17.0 Å². The number of nitrogens with one attached hydrogen (secondary N) is 1. The third-order valence-electron chi connectivity index (χ3n) is 5.01. The molecule has 2 atom stereocenters. The molecule has 1 aromatic rings. The number of carbonyl (C=O) groups is 2. The lowest BCUT2D eigenvalue weighted by Gasteiger charge is -2.27. The van der Waals surface area contributed by atoms with E-state index in [4.69, 9.17) is 10.5 Å². The second kappa shape index (κ2) is 7.77. The number of nitrogens with two attached hydrogens (primary N) is 1. The van der Waals surface area contributed by atoms with Crippen LogP contribution in [0.15, 0.2) is 24.3 Å². The third kappa shape index (κ3) is 3.60. The van der Waals surface area contributed by atoms with Gasteiger partial charge in [-0.25, -0.2) is 0 Å². The summed E-state index contributed by atoms with van der Waals surface area (Å²) in [5, 5.41) is 2.96. The molecule has 0 unspecified atom stereocenters. The van der Waals surface area contributed by atoms with E-state index in [-0.39, 0.29) is 23.7 Å². The van der Waals surface area contributed by atoms with Gasteiger partial charge in [-0.3, -0.25) is 9.59 Å². The standard InChI is InChI=1S/C18H25N3O3/c19-12-13-4-3-6-14(13)17(22)20-16-7-2-1-5-15(16)18(23)21-8-10-24-11-9-21/h1-2,5,7,13-14H,3-4,6,8-12,19H2,(H,20,22)/t13-,14-/m1/s1. The maximum Gasteiger partial charge on any atom is 0.256 e. The zero-order valence-corrected chi connectivity index (χ0v) is 13.9. The van der Waals surface area contributed by atoms with Crippen LogP contribution in [0.25, 0.3) is 0 Å². The van der Waals surface area contributed by atoms with Crippen LogP contribution < -0.4 is 11.1 Å². The molecule has 0 bridgehead atoms. The van der Waals surface area contributed by atoms with Crippen LogP contribution in [0.2, 0.25) is 0 Å². The second-order valence-electron chi connectivity index (χ2n) is 6.47. The molecule has 2 amide bonds. The SMILES string of the molecule is NC[C@H]1CCC[C@H]1C(=O)Nc1ccccc1C(=O)N1CCOCC1. The number of rotatable bonds is 4. The van der Waals surface area contributed by atoms with Gasteiger partial charge in [-0.1, -0.05) is 18.6 Å². The third-order valence-corrected chi connectivity index (χ3v) is 5.01. The van der Waals surface area contributed by atoms with Crippen molar-refractivity contribution in [2.45, 2.75) is 19.3 Å². The van der Waals surface area contributed by atoms with Crippen LogP contribution in [-0.2, 0) is 9.53 Å². The quantitative estimate of drug-likeness (QED) is 0.875. The minimum Gasteiger partial charge on any atom is -0.378 e. The van der Waals surface area contributed by atoms with E-state index in [9.17, 15) is 9.59 Å². The highest BCUT2D eigenvalue weighted by Crippen LogP contribution is 2.32. The summed E-state index contributed by atoms with van der Waals surface area (Å²) < 4.78 is 5.30. The topological polar surface area (TPSA) is 84.7 Å². The van der Waals surface area contributed by atoms with Gasteiger partial charge in [0.15, 0.2) is 0 Å². The first-order valence-electron chi connectivity index (χ1n) is 8.67. The average molecular weight is 331 g/mol. The summed E-state index contributed by atoms with van der Waals surface area (Å²) in [7, 11) is 0. The summed E-state index contributed by atoms with van der Waals surface area (Å²) in [5.74, 6) is 0.106. The lowest BCUT2D eigenvalue weighted by atomic mass is 9.95. The first kappa shape index (κ1) is 16.9. The van der Waals surface area contributed by atoms with Crippen molar-refractivity contribution in [2.75, 3.05) is 38.2 Å². The number of amides is 2. The molecular weight excluding hydrogens is 306 g/mol. The molecule has 1 saturated heterocycles. The molecule has 2 fully saturated rings. The maximum atomic E-state index is 12.7. The molecule has 24 heavy (non-hydrogen) atoms. The minimum atomic E-state index is -0.0593. The molecule has 0 aromatic heterocycles. The number of morpholine rings is 1. The van der Waals surface area contributed by atoms with Gasteiger partial charge >= 0.3 is 0 Å². The van der Waals surface area contributed by atoms with Crippen molar-refractivity contribution in [3.63, 3.8) is 0 Å². The summed E-state index contributed by atoms with van der Waals surface area (Å²) in [6.07, 6.45) is 2.91. The number of carbonyl (C=O) groups excluding carboxylic acids is 2. The van der Waals surface area contributed by atoms with Gasteiger partial charge in [0.25, 0.3) is 5.91 Å². The van der Waals surface area contributed by atoms with E-state index in [1.165, 1.54) is 0 Å². The molecule has 130 valence electrons. The molecule has 6 nitrogen and oxygen atoms in total. The normalized spacial score (nSPS) is 24.0. The van der Waals surface area contributed by atoms with Crippen LogP contribution >= 0.6 is 0 Å². The van der Waals surface area contributed by atoms with Crippen molar-refractivity contribution >= 4 is 17.5 Å². The number of benzene rings is 1. The smallest absolute Gasteiger partial charge is 0.256 e. The number of hydrogen-bond acceptors (Lipinski definition) is 4. The highest BCUT2D eigenvalue weighted by atomic mass is 16.5. The zero-order chi connectivity index (χ0) is 16.9. The summed E-state index contributed by atoms with van der Waals surface area (Å²) in [6.45, 7) is 2.81. The molecule has 1 saturated carbocycles. The highest BCUT2D eigenvalue weighted by molar-refractivity contribution is 6.04. The zero-order valence-electron chi connectivity index (χ0n) is 13.9. The lowest BCUT2D eigenvalue weighted by Crippen LogP contribution is -2.41. The van der Waals surface area contributed by atoms with Gasteiger partial charge in [0.2, 0.25) is 5.91 Å². The van der Waals surface area contributed by atoms with E-state index in [0.29, 0.717) is 44.1 Å². The second-order valence-corrected chi connectivity index (χ2v) is 6.47. The van der Waals surface area contributed by atoms with E-state index in [0.717, 1.165) is 19.3 Å². The van der Waals surface area contributed by atoms with Crippen molar-refractivity contribution < 1.29 is 14.3 Å². The molecule has 3 rings (SSSR count). The van der Waals surface area contributed by atoms with E-state index < -0.39 is 0 Å². The Labute approximate surface area is 142 Å². The molecule has 0 spiro atoms. The van der Waals surface area contributed by atoms with Crippen molar-refractivity contribution in [3.05, 3.63) is 29.8 Å². The van der Waals surface area contributed by atoms with Crippen LogP contribution in [0.3, 0.4) is 0 Å². The van der Waals surface area contributed by atoms with Crippen molar-refractivity contribution in [3.8, 4) is 0 Å². The van der Waals surface area contributed by atoms with Gasteiger partial charge in [-0.2, -0.15) is 0 Å². The molecule has 1 aliphatic heterocycles. The summed E-state index contributed by atoms with van der Waals surface area (Å²) in [4.78, 5) is 27.1. The number of hydrogen-bond donors (Lipinski definition) is 2. The summed E-state index contributed by atoms with van der Waals surface area (Å²) >= 11 is 0. The summed E-state index contributed by atoms with van der Waals surface area (Å²) in [5.41, 5.74) is 6.90. The van der Waals surface area contributed by atoms with E-state index in [1.807, 2.05) is 12.1 Å². The molecule has 6 heteroatoms. The average Bonchev–Trinajstić information content (AvgIpc) is 3.11. The van der Waals surface area contributed by atoms with E-state index >= 15 is 0 Å². The monoisotopic (exact) mass is 331 g/mol. The van der Waals surface area contributed by atoms with Gasteiger partial charge < -0.3 is 20.7 Å². The number of para-hydroxylation sites is 1. The molecule has 1 aromatic carbocycles. The van der Waals surface area contributed by atoms with Crippen LogP contribution in [0.1, 0.15) is 29.6 Å². The van der Waals surface area contributed by atoms with Crippen LogP contribution in [-0.4, -0.2) is 49.6 Å². The molecule has 1 aliphatic carbocycles. The molecule has 2 aliphatic rings. The van der Waals surface area contributed by atoms with Crippen molar-refractivity contribution in [2.24, 2.45) is 17.6 Å². The highest BCUT2D eigenvalue weighted by Gasteiger charge is 2.32. The van der Waals surface area contributed by atoms with Crippen molar-refractivity contribution in [1.82, 2.24) is 4.90 Å². The van der Waals surface area contributed by atoms with Gasteiger partial charge in [-0.05, 0) is 37.4 Å². The van der Waals surface area contributed by atoms with Gasteiger partial charge in [-0.15, -0.1) is 0 Å². The Kier molecular flexibility index (Phi) is 5.48. The molecule has 3 N–H and O–H groups in total. The van der Waals surface area contributed by atoms with Gasteiger partial charge in [0.1, 0.15) is 0 Å². The number of anilines is 1. The Morgan fingerprint density at radius 1 is 1.21 bits per heavy atom. The fraction of sp³-hybridized carbons (Fsp3) is 0.556. The lowest BCUT2D eigenvalue weighted by molar-refractivity contribution is -0.120. The van der Waals surface area contributed by atoms with Crippen molar-refractivity contribution in [1.29, 1.82) is 0 Å². The molecule has 0 radical (unpaired) electrons. The Morgan fingerprint density at radius 2 is 1.96 bits per heavy atom. The van der Waals surface area contributed by atoms with Crippen LogP contribution in [0.5, 0.6) is 0 Å². The predicted octanol–water partition coefficient (Wildman–Crippen LogP) is 1.47. The maximum absolute atomic E-state index is 12.7. The summed E-state index contributed by atoms with van der Waals surface area (Å²) in [6, 6.07) is 7.21. The number of ether oxygens (including phenoxy) is 1. The Balaban J connectivity index is 1.74. The predicted molar refractivity (Wildman–Crippen MR) is 91.7 cm³/mol. The number of nitrogens with zero attached hydrogens (tertiary/aromatic N) is 1. The van der Waals surface area contributed by atoms with E-state index in [2.05, 4.69) is 5.32 Å². The Bertz CT molecular complexity index is 599. The molecule has 1 heterocycles. The first-order chi connectivity index (χ1) is 11.7. The first-order valence-corrected chi connectivity index (χ1v) is 8.67. The molecular formula is C18H25N3O3. The van der Waals surface area contributed by atoms with Gasteiger partial charge in [0.05, 0.1) is 24.5 Å². The fourth-order valence-corrected chi connectivity index (χ4v) is 3.60. The van der Waals surface area contributed by atoms with Gasteiger partial charge in [0, 0.05) is 19.0 Å².